The monoisotopic (exact) mass is 422 g/mol. The Morgan fingerprint density at radius 2 is 1.87 bits per heavy atom. The molecule has 0 amide bonds. The Labute approximate surface area is 184 Å². The van der Waals surface area contributed by atoms with Crippen molar-refractivity contribution in [2.45, 2.75) is 39.2 Å². The lowest BCUT2D eigenvalue weighted by Gasteiger charge is -2.20. The van der Waals surface area contributed by atoms with Crippen molar-refractivity contribution in [3.8, 4) is 6.01 Å². The van der Waals surface area contributed by atoms with Crippen LogP contribution >= 0.6 is 0 Å². The lowest BCUT2D eigenvalue weighted by Crippen LogP contribution is -2.28. The third-order valence-electron chi connectivity index (χ3n) is 5.98. The van der Waals surface area contributed by atoms with E-state index in [1.807, 2.05) is 6.20 Å². The van der Waals surface area contributed by atoms with E-state index in [1.54, 1.807) is 0 Å². The van der Waals surface area contributed by atoms with E-state index in [4.69, 9.17) is 10.5 Å². The second-order valence-corrected chi connectivity index (χ2v) is 8.56. The van der Waals surface area contributed by atoms with Gasteiger partial charge < -0.3 is 20.4 Å². The number of nitrogens with zero attached hydrogens (tertiary/aromatic N) is 4. The molecule has 0 radical (unpaired) electrons. The third-order valence-corrected chi connectivity index (χ3v) is 5.98. The zero-order valence-electron chi connectivity index (χ0n) is 18.7. The van der Waals surface area contributed by atoms with Gasteiger partial charge in [-0.05, 0) is 44.1 Å². The van der Waals surface area contributed by atoms with Crippen molar-refractivity contribution in [1.29, 1.82) is 0 Å². The molecule has 1 saturated heterocycles. The number of nitrogens with one attached hydrogen (secondary N) is 1. The summed E-state index contributed by atoms with van der Waals surface area (Å²) in [5.41, 5.74) is 11.5. The number of H-pyrrole nitrogens is 1. The Bertz CT molecular complexity index is 984. The number of nitrogens with two attached hydrogens (primary N) is 1. The van der Waals surface area contributed by atoms with Gasteiger partial charge >= 0.3 is 6.01 Å². The minimum absolute atomic E-state index is 0.359. The first kappa shape index (κ1) is 21.6. The highest BCUT2D eigenvalue weighted by molar-refractivity contribution is 5.87. The molecule has 1 aliphatic rings. The number of anilines is 1. The van der Waals surface area contributed by atoms with Gasteiger partial charge in [-0.2, -0.15) is 9.97 Å². The summed E-state index contributed by atoms with van der Waals surface area (Å²) >= 11 is 0. The van der Waals surface area contributed by atoms with Gasteiger partial charge in [0.05, 0.1) is 6.61 Å². The SMILES string of the molecule is CCCCOc1nc(N)c2[nH]cc(Cc3ccc(CN4CCCN(C)CC4)cc3)c2n1. The van der Waals surface area contributed by atoms with Gasteiger partial charge in [-0.25, -0.2) is 0 Å². The van der Waals surface area contributed by atoms with Gasteiger partial charge in [0.1, 0.15) is 11.0 Å². The first-order valence-corrected chi connectivity index (χ1v) is 11.4. The lowest BCUT2D eigenvalue weighted by atomic mass is 10.0. The number of hydrogen-bond donors (Lipinski definition) is 2. The van der Waals surface area contributed by atoms with Gasteiger partial charge in [-0.1, -0.05) is 37.6 Å². The molecule has 0 bridgehead atoms. The summed E-state index contributed by atoms with van der Waals surface area (Å²) in [6.45, 7) is 8.40. The zero-order valence-corrected chi connectivity index (χ0v) is 18.7. The fourth-order valence-electron chi connectivity index (χ4n) is 4.06. The summed E-state index contributed by atoms with van der Waals surface area (Å²) in [7, 11) is 2.21. The van der Waals surface area contributed by atoms with Crippen LogP contribution in [-0.2, 0) is 13.0 Å². The Morgan fingerprint density at radius 1 is 1.06 bits per heavy atom. The molecule has 1 fully saturated rings. The van der Waals surface area contributed by atoms with Crippen molar-refractivity contribution in [2.24, 2.45) is 0 Å². The van der Waals surface area contributed by atoms with Gasteiger partial charge in [-0.15, -0.1) is 0 Å². The zero-order chi connectivity index (χ0) is 21.6. The molecular weight excluding hydrogens is 388 g/mol. The second-order valence-electron chi connectivity index (χ2n) is 8.56. The fourth-order valence-corrected chi connectivity index (χ4v) is 4.06. The van der Waals surface area contributed by atoms with Crippen LogP contribution in [0, 0.1) is 0 Å². The topological polar surface area (TPSA) is 83.3 Å². The summed E-state index contributed by atoms with van der Waals surface area (Å²) in [5.74, 6) is 0.432. The first-order chi connectivity index (χ1) is 15.1. The largest absolute Gasteiger partial charge is 0.463 e. The van der Waals surface area contributed by atoms with Crippen LogP contribution in [0.1, 0.15) is 42.9 Å². The molecule has 7 heteroatoms. The predicted octanol–water partition coefficient (Wildman–Crippen LogP) is 3.45. The molecule has 4 rings (SSSR count). The highest BCUT2D eigenvalue weighted by Crippen LogP contribution is 2.25. The molecule has 0 spiro atoms. The lowest BCUT2D eigenvalue weighted by molar-refractivity contribution is 0.269. The molecule has 0 unspecified atom stereocenters. The Hall–Kier alpha value is -2.64. The predicted molar refractivity (Wildman–Crippen MR) is 125 cm³/mol. The van der Waals surface area contributed by atoms with Crippen molar-refractivity contribution >= 4 is 16.9 Å². The van der Waals surface area contributed by atoms with E-state index >= 15 is 0 Å². The van der Waals surface area contributed by atoms with Gasteiger partial charge in [0.25, 0.3) is 0 Å². The maximum atomic E-state index is 6.13. The van der Waals surface area contributed by atoms with E-state index in [-0.39, 0.29) is 0 Å². The number of fused-ring (bicyclic) bond motifs is 1. The molecule has 1 aromatic carbocycles. The molecule has 0 saturated carbocycles. The second kappa shape index (κ2) is 10.1. The number of aromatic amines is 1. The Balaban J connectivity index is 1.43. The smallest absolute Gasteiger partial charge is 0.319 e. The van der Waals surface area contributed by atoms with Crippen molar-refractivity contribution in [1.82, 2.24) is 24.8 Å². The highest BCUT2D eigenvalue weighted by Gasteiger charge is 2.14. The molecule has 31 heavy (non-hydrogen) atoms. The van der Waals surface area contributed by atoms with Gasteiger partial charge in [0.15, 0.2) is 5.82 Å². The number of hydrogen-bond acceptors (Lipinski definition) is 6. The van der Waals surface area contributed by atoms with Gasteiger partial charge in [0, 0.05) is 37.8 Å². The summed E-state index contributed by atoms with van der Waals surface area (Å²) < 4.78 is 5.69. The van der Waals surface area contributed by atoms with Crippen LogP contribution in [0.4, 0.5) is 5.82 Å². The number of unbranched alkanes of at least 4 members (excludes halogenated alkanes) is 1. The highest BCUT2D eigenvalue weighted by atomic mass is 16.5. The number of ether oxygens (including phenoxy) is 1. The van der Waals surface area contributed by atoms with Crippen molar-refractivity contribution in [3.05, 3.63) is 47.2 Å². The molecule has 3 heterocycles. The first-order valence-electron chi connectivity index (χ1n) is 11.4. The number of nitrogen functional groups attached to an aromatic ring is 1. The minimum Gasteiger partial charge on any atom is -0.463 e. The summed E-state index contributed by atoms with van der Waals surface area (Å²) in [6.07, 6.45) is 6.05. The standard InChI is InChI=1S/C24H34N6O/c1-3-4-14-31-24-27-21-20(16-26-22(21)23(25)28-24)15-18-6-8-19(9-7-18)17-30-11-5-10-29(2)12-13-30/h6-9,16,26H,3-5,10-15,17H2,1-2H3,(H2,25,27,28). The van der Waals surface area contributed by atoms with Crippen LogP contribution in [0.3, 0.4) is 0 Å². The molecule has 3 aromatic rings. The number of aromatic nitrogens is 3. The van der Waals surface area contributed by atoms with Gasteiger partial charge in [-0.3, -0.25) is 4.90 Å². The van der Waals surface area contributed by atoms with E-state index in [9.17, 15) is 0 Å². The molecule has 0 atom stereocenters. The van der Waals surface area contributed by atoms with E-state index in [0.717, 1.165) is 55.5 Å². The molecule has 7 nitrogen and oxygen atoms in total. The Kier molecular flexibility index (Phi) is 7.04. The van der Waals surface area contributed by atoms with Crippen LogP contribution < -0.4 is 10.5 Å². The number of rotatable bonds is 8. The normalized spacial score (nSPS) is 15.9. The molecule has 0 aliphatic carbocycles. The molecule has 1 aliphatic heterocycles. The van der Waals surface area contributed by atoms with Crippen LogP contribution in [0.25, 0.3) is 11.0 Å². The molecule has 2 aromatic heterocycles. The molecular formula is C24H34N6O. The minimum atomic E-state index is 0.359. The van der Waals surface area contributed by atoms with Crippen LogP contribution in [0.15, 0.2) is 30.5 Å². The summed E-state index contributed by atoms with van der Waals surface area (Å²) in [4.78, 5) is 17.1. The van der Waals surface area contributed by atoms with Crippen molar-refractivity contribution in [3.63, 3.8) is 0 Å². The van der Waals surface area contributed by atoms with Crippen LogP contribution in [-0.4, -0.2) is 64.6 Å². The summed E-state index contributed by atoms with van der Waals surface area (Å²) in [5, 5.41) is 0. The third kappa shape index (κ3) is 5.54. The average molecular weight is 423 g/mol. The maximum Gasteiger partial charge on any atom is 0.319 e. The van der Waals surface area contributed by atoms with E-state index in [0.29, 0.717) is 18.4 Å². The van der Waals surface area contributed by atoms with Crippen molar-refractivity contribution < 1.29 is 4.74 Å². The van der Waals surface area contributed by atoms with E-state index < -0.39 is 0 Å². The maximum absolute atomic E-state index is 6.13. The quantitative estimate of drug-likeness (QED) is 0.541. The van der Waals surface area contributed by atoms with Gasteiger partial charge in [0.2, 0.25) is 0 Å². The van der Waals surface area contributed by atoms with Crippen molar-refractivity contribution in [2.75, 3.05) is 45.6 Å². The molecule has 166 valence electrons. The summed E-state index contributed by atoms with van der Waals surface area (Å²) in [6, 6.07) is 9.31. The Morgan fingerprint density at radius 3 is 2.68 bits per heavy atom. The van der Waals surface area contributed by atoms with E-state index in [2.05, 4.69) is 63.0 Å². The average Bonchev–Trinajstić information content (AvgIpc) is 3.05. The fraction of sp³-hybridized carbons (Fsp3) is 0.500. The van der Waals surface area contributed by atoms with Crippen LogP contribution in [0.2, 0.25) is 0 Å². The van der Waals surface area contributed by atoms with Crippen LogP contribution in [0.5, 0.6) is 6.01 Å². The number of likely N-dealkylation sites (N-methyl/N-ethyl adjacent to an activating group) is 1. The number of benzene rings is 1. The van der Waals surface area contributed by atoms with E-state index in [1.165, 1.54) is 30.6 Å². The molecule has 3 N–H and O–H groups in total.